The second-order valence-corrected chi connectivity index (χ2v) is 8.59. The Kier molecular flexibility index (Phi) is 6.59. The van der Waals surface area contributed by atoms with Crippen molar-refractivity contribution in [2.45, 2.75) is 26.2 Å². The minimum Gasteiger partial charge on any atom is -0.490 e. The molecule has 0 saturated heterocycles. The van der Waals surface area contributed by atoms with Crippen LogP contribution < -0.4 is 19.6 Å². The van der Waals surface area contributed by atoms with Gasteiger partial charge in [0.15, 0.2) is 11.5 Å². The van der Waals surface area contributed by atoms with Gasteiger partial charge in [0.05, 0.1) is 34.7 Å². The van der Waals surface area contributed by atoms with Gasteiger partial charge in [-0.3, -0.25) is 14.9 Å². The molecule has 0 spiro atoms. The number of carbonyl (C=O) groups excluding carboxylic acids is 1. The van der Waals surface area contributed by atoms with E-state index in [0.717, 1.165) is 18.9 Å². The van der Waals surface area contributed by atoms with E-state index in [9.17, 15) is 19.7 Å². The summed E-state index contributed by atoms with van der Waals surface area (Å²) < 4.78 is 22.8. The van der Waals surface area contributed by atoms with Crippen LogP contribution in [0.4, 0.5) is 5.69 Å². The second-order valence-electron chi connectivity index (χ2n) is 8.59. The minimum absolute atomic E-state index is 0.0444. The van der Waals surface area contributed by atoms with Gasteiger partial charge >= 0.3 is 5.97 Å². The molecule has 0 unspecified atom stereocenters. The van der Waals surface area contributed by atoms with Crippen molar-refractivity contribution in [2.75, 3.05) is 13.2 Å². The van der Waals surface area contributed by atoms with E-state index in [4.69, 9.17) is 18.6 Å². The summed E-state index contributed by atoms with van der Waals surface area (Å²) in [6, 6.07) is 13.8. The number of rotatable bonds is 6. The third-order valence-electron chi connectivity index (χ3n) is 6.03. The predicted octanol–water partition coefficient (Wildman–Crippen LogP) is 5.70. The van der Waals surface area contributed by atoms with E-state index in [1.807, 2.05) is 6.92 Å². The lowest BCUT2D eigenvalue weighted by Gasteiger charge is -2.12. The van der Waals surface area contributed by atoms with Crippen molar-refractivity contribution >= 4 is 22.6 Å². The molecule has 1 aliphatic rings. The summed E-state index contributed by atoms with van der Waals surface area (Å²) in [6.45, 7) is 3.06. The SMILES string of the molecule is CCCc1cc2c(=O)c(-c3ccc4c(c3)OCCCO4)coc2cc1OC(=O)c1cccc([N+](=O)[O-])c1. The fourth-order valence-corrected chi connectivity index (χ4v) is 4.20. The van der Waals surface area contributed by atoms with Crippen molar-refractivity contribution in [1.29, 1.82) is 0 Å². The van der Waals surface area contributed by atoms with E-state index in [1.54, 1.807) is 24.3 Å². The van der Waals surface area contributed by atoms with Gasteiger partial charge in [-0.15, -0.1) is 0 Å². The summed E-state index contributed by atoms with van der Waals surface area (Å²) in [5, 5.41) is 11.4. The van der Waals surface area contributed by atoms with Crippen LogP contribution in [-0.4, -0.2) is 24.1 Å². The molecule has 1 aliphatic heterocycles. The summed E-state index contributed by atoms with van der Waals surface area (Å²) in [6.07, 6.45) is 3.42. The smallest absolute Gasteiger partial charge is 0.343 e. The van der Waals surface area contributed by atoms with Gasteiger partial charge in [-0.25, -0.2) is 4.79 Å². The van der Waals surface area contributed by atoms with Gasteiger partial charge in [-0.2, -0.15) is 0 Å². The number of non-ortho nitro benzene ring substituents is 1. The van der Waals surface area contributed by atoms with E-state index in [-0.39, 0.29) is 28.0 Å². The Balaban J connectivity index is 1.52. The summed E-state index contributed by atoms with van der Waals surface area (Å²) in [7, 11) is 0. The maximum absolute atomic E-state index is 13.5. The van der Waals surface area contributed by atoms with Crippen molar-refractivity contribution in [3.63, 3.8) is 0 Å². The quantitative estimate of drug-likeness (QED) is 0.143. The third kappa shape index (κ3) is 4.88. The Hall–Kier alpha value is -4.66. The second kappa shape index (κ2) is 10.1. The molecule has 0 amide bonds. The molecular weight excluding hydrogens is 478 g/mol. The number of hydrogen-bond donors (Lipinski definition) is 0. The first-order chi connectivity index (χ1) is 17.9. The monoisotopic (exact) mass is 501 g/mol. The summed E-state index contributed by atoms with van der Waals surface area (Å²) in [5.41, 5.74) is 1.51. The van der Waals surface area contributed by atoms with Crippen LogP contribution in [-0.2, 0) is 6.42 Å². The molecule has 3 aromatic carbocycles. The zero-order valence-corrected chi connectivity index (χ0v) is 20.0. The Morgan fingerprint density at radius 3 is 2.65 bits per heavy atom. The lowest BCUT2D eigenvalue weighted by Crippen LogP contribution is -2.11. The highest BCUT2D eigenvalue weighted by molar-refractivity contribution is 5.93. The average molecular weight is 501 g/mol. The highest BCUT2D eigenvalue weighted by Gasteiger charge is 2.19. The molecule has 4 aromatic rings. The Morgan fingerprint density at radius 1 is 1.05 bits per heavy atom. The summed E-state index contributed by atoms with van der Waals surface area (Å²) in [5.74, 6) is 0.695. The lowest BCUT2D eigenvalue weighted by molar-refractivity contribution is -0.384. The number of benzene rings is 3. The van der Waals surface area contributed by atoms with Crippen LogP contribution in [0.25, 0.3) is 22.1 Å². The molecule has 0 N–H and O–H groups in total. The number of nitro groups is 1. The van der Waals surface area contributed by atoms with Crippen LogP contribution in [0, 0.1) is 10.1 Å². The molecule has 0 bridgehead atoms. The summed E-state index contributed by atoms with van der Waals surface area (Å²) >= 11 is 0. The number of fused-ring (bicyclic) bond motifs is 2. The van der Waals surface area contributed by atoms with Crippen molar-refractivity contribution in [3.05, 3.63) is 92.3 Å². The zero-order chi connectivity index (χ0) is 25.9. The van der Waals surface area contributed by atoms with Crippen molar-refractivity contribution in [1.82, 2.24) is 0 Å². The zero-order valence-electron chi connectivity index (χ0n) is 20.0. The molecule has 0 atom stereocenters. The standard InChI is InChI=1S/C28H23NO8/c1-2-5-18-13-21-25(15-24(18)37-28(31)19-6-3-7-20(12-19)29(32)33)36-16-22(27(21)30)17-8-9-23-26(14-17)35-11-4-10-34-23/h3,6-9,12-16H,2,4-5,10-11H2,1H3. The van der Waals surface area contributed by atoms with Crippen LogP contribution in [0.5, 0.6) is 17.2 Å². The van der Waals surface area contributed by atoms with E-state index in [1.165, 1.54) is 30.5 Å². The van der Waals surface area contributed by atoms with Crippen LogP contribution in [0.3, 0.4) is 0 Å². The van der Waals surface area contributed by atoms with Crippen molar-refractivity contribution in [3.8, 4) is 28.4 Å². The number of nitrogens with zero attached hydrogens (tertiary/aromatic N) is 1. The first-order valence-electron chi connectivity index (χ1n) is 11.9. The van der Waals surface area contributed by atoms with Crippen molar-refractivity contribution < 1.29 is 28.3 Å². The predicted molar refractivity (Wildman–Crippen MR) is 136 cm³/mol. The van der Waals surface area contributed by atoms with Gasteiger partial charge in [0.1, 0.15) is 17.6 Å². The molecule has 37 heavy (non-hydrogen) atoms. The number of ether oxygens (including phenoxy) is 3. The molecule has 0 saturated carbocycles. The van der Waals surface area contributed by atoms with Gasteiger partial charge in [-0.1, -0.05) is 25.5 Å². The molecule has 188 valence electrons. The molecule has 0 fully saturated rings. The summed E-state index contributed by atoms with van der Waals surface area (Å²) in [4.78, 5) is 36.7. The average Bonchev–Trinajstić information content (AvgIpc) is 3.15. The van der Waals surface area contributed by atoms with E-state index in [2.05, 4.69) is 0 Å². The molecule has 9 heteroatoms. The van der Waals surface area contributed by atoms with E-state index < -0.39 is 10.9 Å². The highest BCUT2D eigenvalue weighted by Crippen LogP contribution is 2.34. The highest BCUT2D eigenvalue weighted by atomic mass is 16.6. The van der Waals surface area contributed by atoms with Crippen LogP contribution in [0.1, 0.15) is 35.7 Å². The Morgan fingerprint density at radius 2 is 1.86 bits per heavy atom. The van der Waals surface area contributed by atoms with Gasteiger partial charge in [-0.05, 0) is 41.8 Å². The van der Waals surface area contributed by atoms with E-state index >= 15 is 0 Å². The number of esters is 1. The van der Waals surface area contributed by atoms with Gasteiger partial charge in [0, 0.05) is 24.6 Å². The van der Waals surface area contributed by atoms with Crippen molar-refractivity contribution in [2.24, 2.45) is 0 Å². The van der Waals surface area contributed by atoms with Gasteiger partial charge in [0.2, 0.25) is 5.43 Å². The first kappa shape index (κ1) is 24.1. The first-order valence-corrected chi connectivity index (χ1v) is 11.9. The Labute approximate surface area is 211 Å². The molecule has 0 aliphatic carbocycles. The molecule has 9 nitrogen and oxygen atoms in total. The van der Waals surface area contributed by atoms with E-state index in [0.29, 0.717) is 53.2 Å². The van der Waals surface area contributed by atoms with Gasteiger partial charge < -0.3 is 18.6 Å². The Bertz CT molecular complexity index is 1570. The number of nitro benzene ring substituents is 1. The number of hydrogen-bond acceptors (Lipinski definition) is 8. The molecule has 5 rings (SSSR count). The van der Waals surface area contributed by atoms with Crippen LogP contribution in [0.2, 0.25) is 0 Å². The molecular formula is C28H23NO8. The van der Waals surface area contributed by atoms with Crippen LogP contribution >= 0.6 is 0 Å². The van der Waals surface area contributed by atoms with Gasteiger partial charge in [0.25, 0.3) is 5.69 Å². The normalized spacial score (nSPS) is 12.7. The topological polar surface area (TPSA) is 118 Å². The maximum atomic E-state index is 13.5. The fraction of sp³-hybridized carbons (Fsp3) is 0.214. The largest absolute Gasteiger partial charge is 0.490 e. The third-order valence-corrected chi connectivity index (χ3v) is 6.03. The molecule has 1 aromatic heterocycles. The fourth-order valence-electron chi connectivity index (χ4n) is 4.20. The number of aryl methyl sites for hydroxylation is 1. The molecule has 0 radical (unpaired) electrons. The lowest BCUT2D eigenvalue weighted by atomic mass is 10.0. The molecule has 2 heterocycles. The maximum Gasteiger partial charge on any atom is 0.343 e. The van der Waals surface area contributed by atoms with Crippen LogP contribution in [0.15, 0.2) is 70.1 Å². The number of carbonyl (C=O) groups is 1. The minimum atomic E-state index is -0.744.